The zero-order valence-corrected chi connectivity index (χ0v) is 9.61. The molecular formula is C11H21NO3. The molecule has 0 aromatic carbocycles. The van der Waals surface area contributed by atoms with Crippen LogP contribution in [0, 0.1) is 0 Å². The summed E-state index contributed by atoms with van der Waals surface area (Å²) >= 11 is 0. The summed E-state index contributed by atoms with van der Waals surface area (Å²) in [6.45, 7) is 6.19. The molecule has 1 aliphatic heterocycles. The fourth-order valence-corrected chi connectivity index (χ4v) is 2.13. The van der Waals surface area contributed by atoms with Gasteiger partial charge >= 0.3 is 5.97 Å². The Morgan fingerprint density at radius 3 is 2.93 bits per heavy atom. The first kappa shape index (κ1) is 12.5. The molecule has 1 heterocycles. The van der Waals surface area contributed by atoms with E-state index in [1.54, 1.807) is 0 Å². The second-order valence-electron chi connectivity index (χ2n) is 4.10. The summed E-state index contributed by atoms with van der Waals surface area (Å²) in [5.41, 5.74) is 0. The molecule has 0 aromatic rings. The van der Waals surface area contributed by atoms with Gasteiger partial charge in [0.2, 0.25) is 0 Å². The van der Waals surface area contributed by atoms with Crippen molar-refractivity contribution in [2.45, 2.75) is 45.2 Å². The molecule has 0 spiro atoms. The van der Waals surface area contributed by atoms with Crippen LogP contribution in [0.15, 0.2) is 0 Å². The minimum absolute atomic E-state index is 0.200. The Balaban J connectivity index is 2.51. The molecule has 4 heteroatoms. The van der Waals surface area contributed by atoms with E-state index in [9.17, 15) is 4.79 Å². The fraction of sp³-hybridized carbons (Fsp3) is 0.909. The van der Waals surface area contributed by atoms with Crippen molar-refractivity contribution in [3.05, 3.63) is 0 Å². The van der Waals surface area contributed by atoms with Gasteiger partial charge in [-0.05, 0) is 33.2 Å². The summed E-state index contributed by atoms with van der Waals surface area (Å²) in [6.07, 6.45) is 2.89. The van der Waals surface area contributed by atoms with Gasteiger partial charge in [-0.15, -0.1) is 0 Å². The smallest absolute Gasteiger partial charge is 0.320 e. The van der Waals surface area contributed by atoms with Crippen molar-refractivity contribution >= 4 is 5.97 Å². The van der Waals surface area contributed by atoms with Crippen LogP contribution in [0.2, 0.25) is 0 Å². The molecule has 0 aliphatic carbocycles. The summed E-state index contributed by atoms with van der Waals surface area (Å²) in [4.78, 5) is 13.1. The van der Waals surface area contributed by atoms with Crippen molar-refractivity contribution in [1.29, 1.82) is 0 Å². The van der Waals surface area contributed by atoms with E-state index in [4.69, 9.17) is 9.84 Å². The molecule has 2 unspecified atom stereocenters. The quantitative estimate of drug-likeness (QED) is 0.752. The molecule has 1 aliphatic rings. The van der Waals surface area contributed by atoms with Crippen LogP contribution in [0.4, 0.5) is 0 Å². The molecule has 2 atom stereocenters. The molecule has 1 fully saturated rings. The van der Waals surface area contributed by atoms with Crippen LogP contribution in [0.25, 0.3) is 0 Å². The van der Waals surface area contributed by atoms with Crippen LogP contribution >= 0.6 is 0 Å². The van der Waals surface area contributed by atoms with Gasteiger partial charge < -0.3 is 9.84 Å². The lowest BCUT2D eigenvalue weighted by Crippen LogP contribution is -2.50. The van der Waals surface area contributed by atoms with E-state index in [0.29, 0.717) is 13.2 Å². The molecule has 1 rings (SSSR count). The topological polar surface area (TPSA) is 49.8 Å². The number of aliphatic carboxylic acids is 1. The maximum absolute atomic E-state index is 11.1. The van der Waals surface area contributed by atoms with Crippen molar-refractivity contribution in [2.24, 2.45) is 0 Å². The van der Waals surface area contributed by atoms with Gasteiger partial charge in [0.25, 0.3) is 0 Å². The van der Waals surface area contributed by atoms with Crippen molar-refractivity contribution in [1.82, 2.24) is 4.90 Å². The molecule has 88 valence electrons. The summed E-state index contributed by atoms with van der Waals surface area (Å²) in [6, 6.07) is -0.111. The Kier molecular flexibility index (Phi) is 5.05. The molecule has 0 aromatic heterocycles. The zero-order valence-electron chi connectivity index (χ0n) is 9.61. The molecule has 4 nitrogen and oxygen atoms in total. The van der Waals surface area contributed by atoms with E-state index in [1.165, 1.54) is 0 Å². The first-order valence-corrected chi connectivity index (χ1v) is 5.73. The third-order valence-electron chi connectivity index (χ3n) is 2.96. The van der Waals surface area contributed by atoms with Gasteiger partial charge in [-0.2, -0.15) is 0 Å². The average molecular weight is 215 g/mol. The van der Waals surface area contributed by atoms with Gasteiger partial charge in [0.1, 0.15) is 6.04 Å². The number of carboxylic acid groups (broad SMARTS) is 1. The monoisotopic (exact) mass is 215 g/mol. The molecule has 0 radical (unpaired) electrons. The Morgan fingerprint density at radius 2 is 2.33 bits per heavy atom. The maximum atomic E-state index is 11.1. The number of ether oxygens (including phenoxy) is 1. The predicted octanol–water partition coefficient (Wildman–Crippen LogP) is 1.35. The van der Waals surface area contributed by atoms with E-state index in [1.807, 2.05) is 13.8 Å². The molecule has 0 amide bonds. The highest BCUT2D eigenvalue weighted by atomic mass is 16.5. The van der Waals surface area contributed by atoms with E-state index in [2.05, 4.69) is 4.90 Å². The SMILES string of the molecule is CCOCC(C)N1CCCCC1C(=O)O. The summed E-state index contributed by atoms with van der Waals surface area (Å²) in [7, 11) is 0. The van der Waals surface area contributed by atoms with Crippen LogP contribution < -0.4 is 0 Å². The molecule has 0 saturated carbocycles. The molecule has 15 heavy (non-hydrogen) atoms. The largest absolute Gasteiger partial charge is 0.480 e. The fourth-order valence-electron chi connectivity index (χ4n) is 2.13. The highest BCUT2D eigenvalue weighted by molar-refractivity contribution is 5.73. The lowest BCUT2D eigenvalue weighted by atomic mass is 10.0. The number of piperidine rings is 1. The number of likely N-dealkylation sites (tertiary alicyclic amines) is 1. The van der Waals surface area contributed by atoms with Gasteiger partial charge in [0.15, 0.2) is 0 Å². The van der Waals surface area contributed by atoms with Crippen LogP contribution in [0.1, 0.15) is 33.1 Å². The van der Waals surface area contributed by atoms with Crippen molar-refractivity contribution in [3.8, 4) is 0 Å². The maximum Gasteiger partial charge on any atom is 0.320 e. The van der Waals surface area contributed by atoms with Gasteiger partial charge in [0.05, 0.1) is 6.61 Å². The summed E-state index contributed by atoms with van der Waals surface area (Å²) in [5.74, 6) is -0.696. The standard InChI is InChI=1S/C11H21NO3/c1-3-15-8-9(2)12-7-5-4-6-10(12)11(13)14/h9-10H,3-8H2,1-2H3,(H,13,14). The Hall–Kier alpha value is -0.610. The Morgan fingerprint density at radius 1 is 1.60 bits per heavy atom. The minimum Gasteiger partial charge on any atom is -0.480 e. The van der Waals surface area contributed by atoms with Crippen molar-refractivity contribution in [2.75, 3.05) is 19.8 Å². The lowest BCUT2D eigenvalue weighted by molar-refractivity contribution is -0.146. The van der Waals surface area contributed by atoms with Gasteiger partial charge in [0, 0.05) is 12.6 Å². The van der Waals surface area contributed by atoms with E-state index in [0.717, 1.165) is 25.8 Å². The lowest BCUT2D eigenvalue weighted by Gasteiger charge is -2.37. The van der Waals surface area contributed by atoms with Crippen LogP contribution in [-0.4, -0.2) is 47.8 Å². The first-order valence-electron chi connectivity index (χ1n) is 5.73. The van der Waals surface area contributed by atoms with E-state index < -0.39 is 5.97 Å². The number of carbonyl (C=O) groups is 1. The van der Waals surface area contributed by atoms with Crippen LogP contribution in [0.5, 0.6) is 0 Å². The van der Waals surface area contributed by atoms with Crippen LogP contribution in [0.3, 0.4) is 0 Å². The molecule has 1 N–H and O–H groups in total. The normalized spacial score (nSPS) is 25.1. The third-order valence-corrected chi connectivity index (χ3v) is 2.96. The zero-order chi connectivity index (χ0) is 11.3. The third kappa shape index (κ3) is 3.47. The Labute approximate surface area is 91.2 Å². The first-order chi connectivity index (χ1) is 7.16. The highest BCUT2D eigenvalue weighted by Crippen LogP contribution is 2.19. The number of hydrogen-bond donors (Lipinski definition) is 1. The number of nitrogens with zero attached hydrogens (tertiary/aromatic N) is 1. The van der Waals surface area contributed by atoms with Gasteiger partial charge in [-0.1, -0.05) is 6.42 Å². The predicted molar refractivity (Wildman–Crippen MR) is 57.9 cm³/mol. The number of carboxylic acids is 1. The molecular weight excluding hydrogens is 194 g/mol. The number of hydrogen-bond acceptors (Lipinski definition) is 3. The second-order valence-corrected chi connectivity index (χ2v) is 4.10. The van der Waals surface area contributed by atoms with E-state index >= 15 is 0 Å². The summed E-state index contributed by atoms with van der Waals surface area (Å²) < 4.78 is 5.34. The van der Waals surface area contributed by atoms with Crippen LogP contribution in [-0.2, 0) is 9.53 Å². The molecule has 1 saturated heterocycles. The van der Waals surface area contributed by atoms with Crippen molar-refractivity contribution < 1.29 is 14.6 Å². The minimum atomic E-state index is -0.696. The van der Waals surface area contributed by atoms with Gasteiger partial charge in [-0.25, -0.2) is 0 Å². The van der Waals surface area contributed by atoms with E-state index in [-0.39, 0.29) is 12.1 Å². The second kappa shape index (κ2) is 6.08. The average Bonchev–Trinajstić information content (AvgIpc) is 2.25. The van der Waals surface area contributed by atoms with Crippen molar-refractivity contribution in [3.63, 3.8) is 0 Å². The summed E-state index contributed by atoms with van der Waals surface area (Å²) in [5, 5.41) is 9.10. The van der Waals surface area contributed by atoms with Gasteiger partial charge in [-0.3, -0.25) is 9.69 Å². The molecule has 0 bridgehead atoms. The highest BCUT2D eigenvalue weighted by Gasteiger charge is 2.31. The Bertz CT molecular complexity index is 208. The number of rotatable bonds is 5.